The van der Waals surface area contributed by atoms with E-state index in [9.17, 15) is 5.11 Å². The Morgan fingerprint density at radius 1 is 1.24 bits per heavy atom. The molecular weight excluding hydrogens is 210 g/mol. The summed E-state index contributed by atoms with van der Waals surface area (Å²) in [5.41, 5.74) is 5.46. The van der Waals surface area contributed by atoms with E-state index >= 15 is 0 Å². The highest BCUT2D eigenvalue weighted by Gasteiger charge is 2.48. The van der Waals surface area contributed by atoms with E-state index in [1.54, 1.807) is 0 Å². The van der Waals surface area contributed by atoms with Crippen LogP contribution in [0.1, 0.15) is 66.2 Å². The lowest BCUT2D eigenvalue weighted by Crippen LogP contribution is -2.54. The lowest BCUT2D eigenvalue weighted by atomic mass is 9.58. The number of rotatable bonds is 5. The van der Waals surface area contributed by atoms with Gasteiger partial charge in [-0.15, -0.1) is 0 Å². The van der Waals surface area contributed by atoms with Gasteiger partial charge in [-0.2, -0.15) is 0 Å². The maximum absolute atomic E-state index is 10.8. The van der Waals surface area contributed by atoms with E-state index in [1.807, 2.05) is 0 Å². The highest BCUT2D eigenvalue weighted by atomic mass is 16.3. The second-order valence-electron chi connectivity index (χ2n) is 6.30. The summed E-state index contributed by atoms with van der Waals surface area (Å²) in [6.07, 6.45) is 6.32. The summed E-state index contributed by atoms with van der Waals surface area (Å²) >= 11 is 0. The summed E-state index contributed by atoms with van der Waals surface area (Å²) in [5, 5.41) is 10.8. The molecule has 0 aromatic rings. The quantitative estimate of drug-likeness (QED) is 0.775. The van der Waals surface area contributed by atoms with Crippen LogP contribution in [0.15, 0.2) is 0 Å². The molecule has 0 aromatic carbocycles. The first-order valence-electron chi connectivity index (χ1n) is 7.37. The Bertz CT molecular complexity index is 225. The molecule has 0 bridgehead atoms. The minimum absolute atomic E-state index is 0.0259. The zero-order valence-electron chi connectivity index (χ0n) is 12.1. The van der Waals surface area contributed by atoms with Crippen molar-refractivity contribution >= 4 is 0 Å². The van der Waals surface area contributed by atoms with E-state index in [0.29, 0.717) is 6.54 Å². The van der Waals surface area contributed by atoms with Gasteiger partial charge >= 0.3 is 0 Å². The van der Waals surface area contributed by atoms with Crippen LogP contribution in [0, 0.1) is 17.3 Å². The summed E-state index contributed by atoms with van der Waals surface area (Å²) in [7, 11) is 0. The minimum Gasteiger partial charge on any atom is -0.389 e. The molecule has 0 spiro atoms. The van der Waals surface area contributed by atoms with Crippen molar-refractivity contribution in [2.24, 2.45) is 23.0 Å². The van der Waals surface area contributed by atoms with Crippen LogP contribution in [-0.2, 0) is 0 Å². The molecule has 1 rings (SSSR count). The first-order chi connectivity index (χ1) is 7.94. The maximum Gasteiger partial charge on any atom is 0.0710 e. The molecule has 0 saturated heterocycles. The third-order valence-electron chi connectivity index (χ3n) is 5.48. The molecule has 1 fully saturated rings. The van der Waals surface area contributed by atoms with Crippen molar-refractivity contribution in [1.82, 2.24) is 0 Å². The van der Waals surface area contributed by atoms with Crippen LogP contribution >= 0.6 is 0 Å². The number of hydrogen-bond donors (Lipinski definition) is 2. The van der Waals surface area contributed by atoms with Gasteiger partial charge in [0, 0.05) is 12.0 Å². The molecule has 1 saturated carbocycles. The summed E-state index contributed by atoms with van der Waals surface area (Å²) in [6.45, 7) is 9.44. The fraction of sp³-hybridized carbons (Fsp3) is 1.00. The van der Waals surface area contributed by atoms with E-state index in [1.165, 1.54) is 12.8 Å². The van der Waals surface area contributed by atoms with Gasteiger partial charge in [-0.1, -0.05) is 27.7 Å². The predicted molar refractivity (Wildman–Crippen MR) is 73.8 cm³/mol. The van der Waals surface area contributed by atoms with Gasteiger partial charge in [0.1, 0.15) is 0 Å². The van der Waals surface area contributed by atoms with Gasteiger partial charge in [0.2, 0.25) is 0 Å². The molecule has 1 aliphatic carbocycles. The average Bonchev–Trinajstić information content (AvgIpc) is 2.37. The SMILES string of the molecule is CCC(O)(CC)C1(CN)CCC(C(C)C)CC1. The van der Waals surface area contributed by atoms with Crippen LogP contribution < -0.4 is 5.73 Å². The Labute approximate surface area is 107 Å². The molecule has 2 nitrogen and oxygen atoms in total. The van der Waals surface area contributed by atoms with Crippen molar-refractivity contribution in [2.75, 3.05) is 6.54 Å². The molecule has 0 heterocycles. The summed E-state index contributed by atoms with van der Waals surface area (Å²) in [5.74, 6) is 1.59. The van der Waals surface area contributed by atoms with E-state index in [-0.39, 0.29) is 5.41 Å². The molecular formula is C15H31NO. The lowest BCUT2D eigenvalue weighted by molar-refractivity contribution is -0.112. The minimum atomic E-state index is -0.552. The molecule has 0 radical (unpaired) electrons. The van der Waals surface area contributed by atoms with Crippen LogP contribution in [0.2, 0.25) is 0 Å². The number of nitrogens with two attached hydrogens (primary N) is 1. The van der Waals surface area contributed by atoms with E-state index in [4.69, 9.17) is 5.73 Å². The topological polar surface area (TPSA) is 46.2 Å². The third-order valence-corrected chi connectivity index (χ3v) is 5.48. The monoisotopic (exact) mass is 241 g/mol. The molecule has 0 unspecified atom stereocenters. The van der Waals surface area contributed by atoms with Crippen LogP contribution in [0.3, 0.4) is 0 Å². The molecule has 3 N–H and O–H groups in total. The second kappa shape index (κ2) is 5.71. The van der Waals surface area contributed by atoms with E-state index in [2.05, 4.69) is 27.7 Å². The van der Waals surface area contributed by atoms with Gasteiger partial charge in [0.25, 0.3) is 0 Å². The first-order valence-corrected chi connectivity index (χ1v) is 7.37. The Balaban J connectivity index is 2.80. The number of hydrogen-bond acceptors (Lipinski definition) is 2. The van der Waals surface area contributed by atoms with Crippen LogP contribution in [0.4, 0.5) is 0 Å². The highest BCUT2D eigenvalue weighted by molar-refractivity contribution is 5.01. The molecule has 2 heteroatoms. The van der Waals surface area contributed by atoms with Crippen molar-refractivity contribution in [3.05, 3.63) is 0 Å². The smallest absolute Gasteiger partial charge is 0.0710 e. The fourth-order valence-electron chi connectivity index (χ4n) is 3.72. The van der Waals surface area contributed by atoms with Crippen LogP contribution in [-0.4, -0.2) is 17.3 Å². The van der Waals surface area contributed by atoms with Gasteiger partial charge in [0.05, 0.1) is 5.60 Å². The van der Waals surface area contributed by atoms with Gasteiger partial charge < -0.3 is 10.8 Å². The molecule has 0 aromatic heterocycles. The van der Waals surface area contributed by atoms with Gasteiger partial charge in [0.15, 0.2) is 0 Å². The average molecular weight is 241 g/mol. The summed E-state index contributed by atoms with van der Waals surface area (Å²) < 4.78 is 0. The van der Waals surface area contributed by atoms with Gasteiger partial charge in [-0.25, -0.2) is 0 Å². The molecule has 0 atom stereocenters. The molecule has 17 heavy (non-hydrogen) atoms. The van der Waals surface area contributed by atoms with Crippen LogP contribution in [0.5, 0.6) is 0 Å². The Morgan fingerprint density at radius 3 is 2.00 bits per heavy atom. The van der Waals surface area contributed by atoms with Crippen molar-refractivity contribution in [1.29, 1.82) is 0 Å². The third kappa shape index (κ3) is 2.68. The van der Waals surface area contributed by atoms with Crippen molar-refractivity contribution in [3.8, 4) is 0 Å². The Morgan fingerprint density at radius 2 is 1.71 bits per heavy atom. The van der Waals surface area contributed by atoms with E-state index in [0.717, 1.165) is 37.5 Å². The summed E-state index contributed by atoms with van der Waals surface area (Å²) in [4.78, 5) is 0. The highest BCUT2D eigenvalue weighted by Crippen LogP contribution is 2.49. The fourth-order valence-corrected chi connectivity index (χ4v) is 3.72. The molecule has 1 aliphatic rings. The largest absolute Gasteiger partial charge is 0.389 e. The van der Waals surface area contributed by atoms with Crippen molar-refractivity contribution < 1.29 is 5.11 Å². The Hall–Kier alpha value is -0.0800. The summed E-state index contributed by atoms with van der Waals surface area (Å²) in [6, 6.07) is 0. The zero-order valence-corrected chi connectivity index (χ0v) is 12.1. The Kier molecular flexibility index (Phi) is 5.03. The first kappa shape index (κ1) is 15.0. The van der Waals surface area contributed by atoms with E-state index < -0.39 is 5.60 Å². The predicted octanol–water partition coefficient (Wildman–Crippen LogP) is 3.33. The van der Waals surface area contributed by atoms with Crippen molar-refractivity contribution in [2.45, 2.75) is 71.8 Å². The van der Waals surface area contributed by atoms with Gasteiger partial charge in [-0.3, -0.25) is 0 Å². The molecule has 102 valence electrons. The zero-order chi connectivity index (χ0) is 13.1. The molecule has 0 amide bonds. The molecule has 0 aliphatic heterocycles. The van der Waals surface area contributed by atoms with Gasteiger partial charge in [-0.05, 0) is 50.4 Å². The standard InChI is InChI=1S/C15H31NO/c1-5-15(17,6-2)14(11-16)9-7-13(8-10-14)12(3)4/h12-13,17H,5-11,16H2,1-4H3. The lowest BCUT2D eigenvalue weighted by Gasteiger charge is -2.50. The number of aliphatic hydroxyl groups is 1. The second-order valence-corrected chi connectivity index (χ2v) is 6.30. The van der Waals surface area contributed by atoms with Crippen molar-refractivity contribution in [3.63, 3.8) is 0 Å². The normalized spacial score (nSPS) is 30.9. The maximum atomic E-state index is 10.8. The van der Waals surface area contributed by atoms with Crippen LogP contribution in [0.25, 0.3) is 0 Å².